The quantitative estimate of drug-likeness (QED) is 0.561. The lowest BCUT2D eigenvalue weighted by atomic mass is 9.98. The highest BCUT2D eigenvalue weighted by Crippen LogP contribution is 2.31. The summed E-state index contributed by atoms with van der Waals surface area (Å²) in [5.41, 5.74) is 7.05. The molecule has 0 spiro atoms. The van der Waals surface area contributed by atoms with Crippen LogP contribution in [0.5, 0.6) is 0 Å². The van der Waals surface area contributed by atoms with Crippen LogP contribution in [0, 0.1) is 20.4 Å². The Morgan fingerprint density at radius 3 is 2.32 bits per heavy atom. The predicted molar refractivity (Wildman–Crippen MR) is 90.8 cm³/mol. The number of aryl methyl sites for hydroxylation is 2. The molecule has 3 rings (SSSR count). The van der Waals surface area contributed by atoms with Crippen molar-refractivity contribution in [2.45, 2.75) is 13.8 Å². The molecule has 1 heterocycles. The van der Waals surface area contributed by atoms with Gasteiger partial charge in [-0.25, -0.2) is 4.85 Å². The minimum atomic E-state index is 0.659. The molecule has 0 aliphatic carbocycles. The second kappa shape index (κ2) is 5.83. The number of benzene rings is 2. The average Bonchev–Trinajstić information content (AvgIpc) is 2.56. The summed E-state index contributed by atoms with van der Waals surface area (Å²) in [6.45, 7) is 11.3. The fourth-order valence-electron chi connectivity index (χ4n) is 2.59. The van der Waals surface area contributed by atoms with Crippen molar-refractivity contribution in [3.63, 3.8) is 0 Å². The minimum Gasteiger partial charge on any atom is -0.252 e. The van der Waals surface area contributed by atoms with Gasteiger partial charge in [-0.1, -0.05) is 48.5 Å². The molecule has 106 valence electrons. The molecule has 22 heavy (non-hydrogen) atoms. The van der Waals surface area contributed by atoms with Gasteiger partial charge in [0.2, 0.25) is 0 Å². The van der Waals surface area contributed by atoms with Gasteiger partial charge in [-0.15, -0.1) is 0 Å². The first kappa shape index (κ1) is 14.0. The first-order chi connectivity index (χ1) is 10.7. The van der Waals surface area contributed by atoms with Crippen molar-refractivity contribution in [3.8, 4) is 22.4 Å². The topological polar surface area (TPSA) is 17.2 Å². The number of nitrogens with zero attached hydrogens (tertiary/aromatic N) is 2. The Balaban J connectivity index is 2.09. The second-order valence-electron chi connectivity index (χ2n) is 5.31. The van der Waals surface area contributed by atoms with Gasteiger partial charge >= 0.3 is 0 Å². The van der Waals surface area contributed by atoms with Crippen molar-refractivity contribution in [1.82, 2.24) is 4.98 Å². The fraction of sp³-hybridized carbons (Fsp3) is 0.100. The number of rotatable bonds is 2. The van der Waals surface area contributed by atoms with Crippen LogP contribution in [-0.2, 0) is 0 Å². The molecule has 1 aromatic heterocycles. The summed E-state index contributed by atoms with van der Waals surface area (Å²) in [5, 5.41) is 0. The van der Waals surface area contributed by atoms with Crippen LogP contribution in [0.4, 0.5) is 5.69 Å². The Labute approximate surface area is 130 Å². The van der Waals surface area contributed by atoms with Gasteiger partial charge in [-0.3, -0.25) is 4.98 Å². The Morgan fingerprint density at radius 2 is 1.64 bits per heavy atom. The van der Waals surface area contributed by atoms with E-state index in [1.807, 2.05) is 49.4 Å². The molecule has 2 nitrogen and oxygen atoms in total. The van der Waals surface area contributed by atoms with Crippen molar-refractivity contribution >= 4 is 5.69 Å². The van der Waals surface area contributed by atoms with Gasteiger partial charge in [0.15, 0.2) is 5.69 Å². The molecule has 0 atom stereocenters. The lowest BCUT2D eigenvalue weighted by molar-refractivity contribution is 1.20. The van der Waals surface area contributed by atoms with Gasteiger partial charge in [-0.05, 0) is 37.1 Å². The molecule has 0 N–H and O–H groups in total. The van der Waals surface area contributed by atoms with Gasteiger partial charge in [-0.2, -0.15) is 0 Å². The van der Waals surface area contributed by atoms with E-state index in [1.54, 1.807) is 0 Å². The Bertz CT molecular complexity index is 859. The standard InChI is InChI=1S/C20H16N2/c1-14-9-10-17(21-3)13-19(14)18-11-12-20(22-15(18)2)16-7-5-4-6-8-16/h4-13H,1-2H3. The van der Waals surface area contributed by atoms with E-state index in [-0.39, 0.29) is 0 Å². The van der Waals surface area contributed by atoms with Crippen LogP contribution in [-0.4, -0.2) is 4.98 Å². The molecule has 0 amide bonds. The molecule has 2 aromatic carbocycles. The Kier molecular flexibility index (Phi) is 3.72. The number of aromatic nitrogens is 1. The van der Waals surface area contributed by atoms with Crippen LogP contribution >= 0.6 is 0 Å². The summed E-state index contributed by atoms with van der Waals surface area (Å²) in [4.78, 5) is 8.26. The van der Waals surface area contributed by atoms with Crippen molar-refractivity contribution in [3.05, 3.63) is 83.3 Å². The third-order valence-corrected chi connectivity index (χ3v) is 3.80. The molecule has 0 bridgehead atoms. The number of pyridine rings is 1. The lowest BCUT2D eigenvalue weighted by Crippen LogP contribution is -1.92. The van der Waals surface area contributed by atoms with Gasteiger partial charge in [0.05, 0.1) is 12.3 Å². The van der Waals surface area contributed by atoms with Crippen LogP contribution in [0.3, 0.4) is 0 Å². The van der Waals surface area contributed by atoms with E-state index in [9.17, 15) is 0 Å². The van der Waals surface area contributed by atoms with Crippen LogP contribution < -0.4 is 0 Å². The largest absolute Gasteiger partial charge is 0.252 e. The normalized spacial score (nSPS) is 10.2. The lowest BCUT2D eigenvalue weighted by Gasteiger charge is -2.11. The monoisotopic (exact) mass is 284 g/mol. The van der Waals surface area contributed by atoms with E-state index in [4.69, 9.17) is 11.6 Å². The van der Waals surface area contributed by atoms with E-state index >= 15 is 0 Å². The Morgan fingerprint density at radius 1 is 0.864 bits per heavy atom. The maximum atomic E-state index is 7.18. The molecular formula is C20H16N2. The molecule has 0 aliphatic rings. The first-order valence-corrected chi connectivity index (χ1v) is 7.20. The van der Waals surface area contributed by atoms with Gasteiger partial charge in [0, 0.05) is 16.8 Å². The summed E-state index contributed by atoms with van der Waals surface area (Å²) in [6, 6.07) is 20.1. The molecule has 3 aromatic rings. The van der Waals surface area contributed by atoms with E-state index < -0.39 is 0 Å². The summed E-state index contributed by atoms with van der Waals surface area (Å²) < 4.78 is 0. The molecule has 0 radical (unpaired) electrons. The molecule has 0 aliphatic heterocycles. The van der Waals surface area contributed by atoms with Crippen molar-refractivity contribution in [2.75, 3.05) is 0 Å². The zero-order chi connectivity index (χ0) is 15.5. The molecule has 0 saturated heterocycles. The number of hydrogen-bond donors (Lipinski definition) is 0. The fourth-order valence-corrected chi connectivity index (χ4v) is 2.59. The molecule has 0 fully saturated rings. The summed E-state index contributed by atoms with van der Waals surface area (Å²) in [5.74, 6) is 0. The maximum absolute atomic E-state index is 7.18. The highest BCUT2D eigenvalue weighted by atomic mass is 14.7. The molecule has 0 saturated carbocycles. The van der Waals surface area contributed by atoms with Crippen LogP contribution in [0.1, 0.15) is 11.3 Å². The molecular weight excluding hydrogens is 268 g/mol. The summed E-state index contributed by atoms with van der Waals surface area (Å²) >= 11 is 0. The Hall–Kier alpha value is -2.92. The minimum absolute atomic E-state index is 0.659. The van der Waals surface area contributed by atoms with E-state index in [1.165, 1.54) is 0 Å². The third kappa shape index (κ3) is 2.62. The number of hydrogen-bond acceptors (Lipinski definition) is 1. The predicted octanol–water partition coefficient (Wildman–Crippen LogP) is 5.58. The van der Waals surface area contributed by atoms with E-state index in [2.05, 4.69) is 30.0 Å². The highest BCUT2D eigenvalue weighted by Gasteiger charge is 2.09. The zero-order valence-corrected chi connectivity index (χ0v) is 12.7. The van der Waals surface area contributed by atoms with Crippen LogP contribution in [0.15, 0.2) is 60.7 Å². The van der Waals surface area contributed by atoms with Crippen molar-refractivity contribution in [1.29, 1.82) is 0 Å². The smallest absolute Gasteiger partial charge is 0.187 e. The third-order valence-electron chi connectivity index (χ3n) is 3.80. The summed E-state index contributed by atoms with van der Waals surface area (Å²) in [6.07, 6.45) is 0. The van der Waals surface area contributed by atoms with Crippen molar-refractivity contribution in [2.24, 2.45) is 0 Å². The first-order valence-electron chi connectivity index (χ1n) is 7.20. The maximum Gasteiger partial charge on any atom is 0.187 e. The van der Waals surface area contributed by atoms with Crippen LogP contribution in [0.2, 0.25) is 0 Å². The SMILES string of the molecule is [C-]#[N+]c1ccc(C)c(-c2ccc(-c3ccccc3)nc2C)c1. The van der Waals surface area contributed by atoms with Gasteiger partial charge in [0.1, 0.15) is 0 Å². The second-order valence-corrected chi connectivity index (χ2v) is 5.31. The zero-order valence-electron chi connectivity index (χ0n) is 12.7. The summed E-state index contributed by atoms with van der Waals surface area (Å²) in [7, 11) is 0. The molecule has 0 unspecified atom stereocenters. The van der Waals surface area contributed by atoms with Gasteiger partial charge in [0.25, 0.3) is 0 Å². The van der Waals surface area contributed by atoms with Crippen molar-refractivity contribution < 1.29 is 0 Å². The van der Waals surface area contributed by atoms with E-state index in [0.717, 1.165) is 33.6 Å². The molecule has 2 heteroatoms. The van der Waals surface area contributed by atoms with Crippen LogP contribution in [0.25, 0.3) is 27.2 Å². The van der Waals surface area contributed by atoms with Gasteiger partial charge < -0.3 is 0 Å². The highest BCUT2D eigenvalue weighted by molar-refractivity contribution is 5.75. The average molecular weight is 284 g/mol. The van der Waals surface area contributed by atoms with E-state index in [0.29, 0.717) is 5.69 Å².